The number of unbranched alkanes of at least 4 members (excludes halogenated alkanes) is 1. The van der Waals surface area contributed by atoms with Crippen molar-refractivity contribution in [2.24, 2.45) is 17.3 Å². The minimum Gasteiger partial charge on any atom is -0.495 e. The summed E-state index contributed by atoms with van der Waals surface area (Å²) in [6.07, 6.45) is 15.0. The van der Waals surface area contributed by atoms with Gasteiger partial charge >= 0.3 is 0 Å². The van der Waals surface area contributed by atoms with E-state index >= 15 is 0 Å². The van der Waals surface area contributed by atoms with Crippen LogP contribution in [0.3, 0.4) is 0 Å². The number of nitrogens with zero attached hydrogens (tertiary/aromatic N) is 5. The van der Waals surface area contributed by atoms with Crippen molar-refractivity contribution < 1.29 is 42.6 Å². The van der Waals surface area contributed by atoms with Gasteiger partial charge in [0.05, 0.1) is 31.5 Å². The van der Waals surface area contributed by atoms with E-state index in [1.54, 1.807) is 48.5 Å². The highest BCUT2D eigenvalue weighted by Crippen LogP contribution is 2.48. The van der Waals surface area contributed by atoms with Gasteiger partial charge < -0.3 is 44.4 Å². The maximum Gasteiger partial charge on any atom is 0.255 e. The number of fused-ring (bicyclic) bond motifs is 2. The van der Waals surface area contributed by atoms with Crippen LogP contribution in [0.2, 0.25) is 0 Å². The zero-order chi connectivity index (χ0) is 53.8. The number of halogens is 1. The van der Waals surface area contributed by atoms with Crippen LogP contribution in [0, 0.1) is 23.1 Å². The summed E-state index contributed by atoms with van der Waals surface area (Å²) in [7, 11) is 1.71. The SMILES string of the molecule is COc1cc2c(Oc3ccc(NC(=O)C4(C(=O)Nc5ccc(F)cc5)CC4)cc3)ccnc2cc1N1CCC(CCN2CCC(N3CCC(CCCCOc4cccc5c4CN([C@H]4CCC(=O)NC4=O)C5=O)CC3)CC2)CC1. The first-order chi connectivity index (χ1) is 38.0. The van der Waals surface area contributed by atoms with Crippen LogP contribution in [0.5, 0.6) is 23.0 Å². The molecule has 5 aromatic rings. The van der Waals surface area contributed by atoms with Crippen molar-refractivity contribution in [2.45, 2.75) is 109 Å². The maximum absolute atomic E-state index is 13.4. The van der Waals surface area contributed by atoms with E-state index < -0.39 is 29.1 Å². The fraction of sp³-hybridized carbons (Fsp3) is 0.475. The van der Waals surface area contributed by atoms with Crippen molar-refractivity contribution in [1.29, 1.82) is 0 Å². The van der Waals surface area contributed by atoms with E-state index in [1.807, 2.05) is 24.3 Å². The van der Waals surface area contributed by atoms with Crippen LogP contribution in [-0.2, 0) is 25.7 Å². The van der Waals surface area contributed by atoms with Crippen LogP contribution < -0.4 is 35.1 Å². The smallest absolute Gasteiger partial charge is 0.255 e. The molecule has 16 nitrogen and oxygen atoms in total. The van der Waals surface area contributed by atoms with Crippen LogP contribution >= 0.6 is 0 Å². The number of nitrogens with one attached hydrogen (secondary N) is 3. The number of imide groups is 1. The van der Waals surface area contributed by atoms with Crippen molar-refractivity contribution in [3.05, 3.63) is 108 Å². The molecule has 6 heterocycles. The molecule has 78 heavy (non-hydrogen) atoms. The van der Waals surface area contributed by atoms with Gasteiger partial charge in [0.15, 0.2) is 0 Å². The van der Waals surface area contributed by atoms with Crippen LogP contribution in [0.1, 0.15) is 106 Å². The van der Waals surface area contributed by atoms with Crippen molar-refractivity contribution in [3.63, 3.8) is 0 Å². The molecule has 1 saturated carbocycles. The number of anilines is 3. The van der Waals surface area contributed by atoms with Crippen molar-refractivity contribution >= 4 is 57.5 Å². The van der Waals surface area contributed by atoms with E-state index in [1.165, 1.54) is 89.0 Å². The molecule has 3 N–H and O–H groups in total. The Hall–Kier alpha value is -7.11. The summed E-state index contributed by atoms with van der Waals surface area (Å²) < 4.78 is 31.9. The molecule has 17 heteroatoms. The minimum absolute atomic E-state index is 0.175. The molecule has 1 aromatic heterocycles. The van der Waals surface area contributed by atoms with Gasteiger partial charge in [-0.25, -0.2) is 4.39 Å². The third kappa shape index (κ3) is 11.8. The standard InChI is InChI=1S/C61H71FN8O8/c1-76-55-37-48-50(63-28-18-54(48)78-46-14-12-44(13-15-46)65-60(75)61(26-27-61)59(74)64-43-10-8-42(62)9-11-43)38-52(55)69-34-22-41(23-35-69)19-29-67-30-24-45(25-31-67)68-32-20-40(21-33-68)5-2-3-36-77-53-7-4-6-47-49(53)39-70(58(47)73)51-16-17-56(71)66-57(51)72/h4,6-15,18,28,37-38,40-41,45,51H,2-3,5,16-17,19-27,29-36,39H2,1H3,(H,64,74)(H,65,75)(H,66,71,72)/t51-/m0/s1. The molecule has 0 bridgehead atoms. The number of ether oxygens (including phenoxy) is 3. The number of pyridine rings is 1. The van der Waals surface area contributed by atoms with Crippen molar-refractivity contribution in [3.8, 4) is 23.0 Å². The maximum atomic E-state index is 13.4. The Kier molecular flexibility index (Phi) is 15.9. The Bertz CT molecular complexity index is 3000. The normalized spacial score (nSPS) is 20.3. The summed E-state index contributed by atoms with van der Waals surface area (Å²) in [6.45, 7) is 8.75. The Morgan fingerprint density at radius 3 is 2.14 bits per heavy atom. The molecule has 0 radical (unpaired) electrons. The van der Waals surface area contributed by atoms with E-state index in [9.17, 15) is 28.4 Å². The lowest BCUT2D eigenvalue weighted by atomic mass is 9.89. The van der Waals surface area contributed by atoms with Gasteiger partial charge in [-0.1, -0.05) is 12.5 Å². The van der Waals surface area contributed by atoms with Gasteiger partial charge in [0, 0.05) is 59.6 Å². The molecule has 4 aromatic carbocycles. The predicted molar refractivity (Wildman–Crippen MR) is 295 cm³/mol. The lowest BCUT2D eigenvalue weighted by molar-refractivity contribution is -0.137. The predicted octanol–water partition coefficient (Wildman–Crippen LogP) is 9.33. The number of benzene rings is 4. The first kappa shape index (κ1) is 52.9. The largest absolute Gasteiger partial charge is 0.495 e. The molecule has 6 aliphatic rings. The molecule has 1 aliphatic carbocycles. The van der Waals surface area contributed by atoms with E-state index in [4.69, 9.17) is 19.2 Å². The molecule has 5 amide bonds. The van der Waals surface area contributed by atoms with Crippen LogP contribution in [0.25, 0.3) is 10.9 Å². The number of aromatic nitrogens is 1. The molecular formula is C61H71FN8O8. The quantitative estimate of drug-likeness (QED) is 0.0407. The number of amides is 5. The first-order valence-corrected chi connectivity index (χ1v) is 28.2. The zero-order valence-electron chi connectivity index (χ0n) is 44.6. The number of hydrogen-bond donors (Lipinski definition) is 3. The van der Waals surface area contributed by atoms with E-state index in [2.05, 4.69) is 36.7 Å². The Balaban J connectivity index is 0.576. The topological polar surface area (TPSA) is 175 Å². The number of carbonyl (C=O) groups is 5. The first-order valence-electron chi connectivity index (χ1n) is 28.2. The molecule has 1 atom stereocenters. The fourth-order valence-corrected chi connectivity index (χ4v) is 12.4. The van der Waals surface area contributed by atoms with Crippen LogP contribution in [0.4, 0.5) is 21.5 Å². The lowest BCUT2D eigenvalue weighted by Gasteiger charge is -2.42. The molecule has 410 valence electrons. The second-order valence-electron chi connectivity index (χ2n) is 22.3. The van der Waals surface area contributed by atoms with Gasteiger partial charge in [0.1, 0.15) is 40.3 Å². The molecular weight excluding hydrogens is 992 g/mol. The summed E-state index contributed by atoms with van der Waals surface area (Å²) in [5.41, 5.74) is 3.09. The Labute approximate surface area is 455 Å². The number of piperidine rings is 4. The highest BCUT2D eigenvalue weighted by Gasteiger charge is 2.56. The highest BCUT2D eigenvalue weighted by molar-refractivity contribution is 6.17. The third-order valence-electron chi connectivity index (χ3n) is 17.4. The minimum atomic E-state index is -1.16. The molecule has 0 spiro atoms. The number of rotatable bonds is 19. The molecule has 11 rings (SSSR count). The Morgan fingerprint density at radius 1 is 0.756 bits per heavy atom. The van der Waals surface area contributed by atoms with Crippen molar-refractivity contribution in [2.75, 3.05) is 75.1 Å². The van der Waals surface area contributed by atoms with E-state index in [0.717, 1.165) is 79.1 Å². The van der Waals surface area contributed by atoms with Crippen LogP contribution in [-0.4, -0.2) is 121 Å². The van der Waals surface area contributed by atoms with Gasteiger partial charge in [0.25, 0.3) is 5.91 Å². The number of carbonyl (C=O) groups excluding carboxylic acids is 5. The Morgan fingerprint density at radius 2 is 1.45 bits per heavy atom. The molecule has 4 saturated heterocycles. The van der Waals surface area contributed by atoms with Crippen molar-refractivity contribution in [1.82, 2.24) is 25.0 Å². The lowest BCUT2D eigenvalue weighted by Crippen LogP contribution is -2.52. The van der Waals surface area contributed by atoms with E-state index in [-0.39, 0.29) is 24.1 Å². The summed E-state index contributed by atoms with van der Waals surface area (Å²) in [5, 5.41) is 8.83. The summed E-state index contributed by atoms with van der Waals surface area (Å²) in [5.74, 6) is 2.10. The average molecular weight is 1060 g/mol. The number of hydrogen-bond acceptors (Lipinski definition) is 12. The van der Waals surface area contributed by atoms with Gasteiger partial charge in [0.2, 0.25) is 23.6 Å². The van der Waals surface area contributed by atoms with Gasteiger partial charge in [-0.05, 0) is 200 Å². The second-order valence-corrected chi connectivity index (χ2v) is 22.3. The molecule has 5 aliphatic heterocycles. The number of methoxy groups -OCH3 is 1. The average Bonchev–Trinajstić information content (AvgIpc) is 4.35. The molecule has 5 fully saturated rings. The monoisotopic (exact) mass is 1060 g/mol. The van der Waals surface area contributed by atoms with Gasteiger partial charge in [-0.3, -0.25) is 34.3 Å². The summed E-state index contributed by atoms with van der Waals surface area (Å²) in [6, 6.07) is 24.1. The highest BCUT2D eigenvalue weighted by atomic mass is 19.1. The van der Waals surface area contributed by atoms with Crippen LogP contribution in [0.15, 0.2) is 91.1 Å². The molecule has 0 unspecified atom stereocenters. The van der Waals surface area contributed by atoms with Gasteiger partial charge in [-0.2, -0.15) is 0 Å². The number of likely N-dealkylation sites (tertiary alicyclic amines) is 2. The summed E-state index contributed by atoms with van der Waals surface area (Å²) >= 11 is 0. The second kappa shape index (κ2) is 23.5. The zero-order valence-corrected chi connectivity index (χ0v) is 44.6. The van der Waals surface area contributed by atoms with E-state index in [0.29, 0.717) is 78.6 Å². The van der Waals surface area contributed by atoms with Gasteiger partial charge in [-0.15, -0.1) is 0 Å². The summed E-state index contributed by atoms with van der Waals surface area (Å²) in [4.78, 5) is 77.9. The third-order valence-corrected chi connectivity index (χ3v) is 17.4. The fourth-order valence-electron chi connectivity index (χ4n) is 12.4.